The Bertz CT molecular complexity index is 553. The van der Waals surface area contributed by atoms with Crippen molar-refractivity contribution in [2.75, 3.05) is 13.6 Å². The zero-order chi connectivity index (χ0) is 14.4. The molecule has 6 nitrogen and oxygen atoms in total. The molecule has 2 heterocycles. The Morgan fingerprint density at radius 1 is 1.45 bits per heavy atom. The van der Waals surface area contributed by atoms with E-state index >= 15 is 0 Å². The van der Waals surface area contributed by atoms with Crippen LogP contribution in [0.2, 0.25) is 0 Å². The van der Waals surface area contributed by atoms with E-state index in [1.165, 1.54) is 6.26 Å². The molecule has 20 heavy (non-hydrogen) atoms. The first-order valence-electron chi connectivity index (χ1n) is 6.36. The number of amides is 1. The van der Waals surface area contributed by atoms with Gasteiger partial charge < -0.3 is 4.42 Å². The highest BCUT2D eigenvalue weighted by atomic mass is 16.3. The molecular formula is C14H18N4O2. The third-order valence-corrected chi connectivity index (χ3v) is 3.01. The van der Waals surface area contributed by atoms with Gasteiger partial charge in [-0.25, -0.2) is 5.84 Å². The molecule has 0 unspecified atom stereocenters. The van der Waals surface area contributed by atoms with E-state index in [-0.39, 0.29) is 5.91 Å². The molecule has 0 bridgehead atoms. The summed E-state index contributed by atoms with van der Waals surface area (Å²) in [5, 5.41) is 0. The number of likely N-dealkylation sites (N-methyl/N-ethyl adjacent to an activating group) is 1. The average molecular weight is 274 g/mol. The maximum atomic E-state index is 11.5. The van der Waals surface area contributed by atoms with Crippen LogP contribution in [0.5, 0.6) is 0 Å². The lowest BCUT2D eigenvalue weighted by molar-refractivity contribution is 0.0950. The van der Waals surface area contributed by atoms with Crippen molar-refractivity contribution in [3.8, 4) is 0 Å². The molecule has 2 aromatic heterocycles. The number of carbonyl (C=O) groups is 1. The molecule has 0 aliphatic heterocycles. The third-order valence-electron chi connectivity index (χ3n) is 3.01. The summed E-state index contributed by atoms with van der Waals surface area (Å²) in [6, 6.07) is 7.48. The van der Waals surface area contributed by atoms with Crippen molar-refractivity contribution in [2.24, 2.45) is 5.84 Å². The fourth-order valence-corrected chi connectivity index (χ4v) is 1.92. The Morgan fingerprint density at radius 3 is 3.00 bits per heavy atom. The second-order valence-corrected chi connectivity index (χ2v) is 4.54. The molecule has 0 radical (unpaired) electrons. The number of hydrazine groups is 1. The van der Waals surface area contributed by atoms with Crippen LogP contribution >= 0.6 is 0 Å². The van der Waals surface area contributed by atoms with Gasteiger partial charge in [0.05, 0.1) is 18.4 Å². The van der Waals surface area contributed by atoms with Gasteiger partial charge in [-0.05, 0) is 25.2 Å². The monoisotopic (exact) mass is 274 g/mol. The molecule has 1 amide bonds. The van der Waals surface area contributed by atoms with Crippen LogP contribution in [-0.4, -0.2) is 29.4 Å². The van der Waals surface area contributed by atoms with Gasteiger partial charge in [0.25, 0.3) is 5.91 Å². The van der Waals surface area contributed by atoms with E-state index in [0.29, 0.717) is 17.9 Å². The van der Waals surface area contributed by atoms with Crippen molar-refractivity contribution in [1.29, 1.82) is 0 Å². The summed E-state index contributed by atoms with van der Waals surface area (Å²) in [5.41, 5.74) is 3.62. The molecule has 0 fully saturated rings. The van der Waals surface area contributed by atoms with Gasteiger partial charge in [0.2, 0.25) is 0 Å². The van der Waals surface area contributed by atoms with E-state index in [0.717, 1.165) is 18.7 Å². The van der Waals surface area contributed by atoms with Gasteiger partial charge in [0.1, 0.15) is 5.76 Å². The van der Waals surface area contributed by atoms with Crippen LogP contribution < -0.4 is 11.3 Å². The summed E-state index contributed by atoms with van der Waals surface area (Å²) in [7, 11) is 1.97. The number of hydrogen-bond donors (Lipinski definition) is 2. The van der Waals surface area contributed by atoms with E-state index in [9.17, 15) is 4.79 Å². The van der Waals surface area contributed by atoms with Gasteiger partial charge in [-0.1, -0.05) is 6.07 Å². The van der Waals surface area contributed by atoms with Crippen LogP contribution in [0.25, 0.3) is 0 Å². The maximum absolute atomic E-state index is 11.5. The van der Waals surface area contributed by atoms with Gasteiger partial charge in [-0.3, -0.25) is 20.1 Å². The lowest BCUT2D eigenvalue weighted by Crippen LogP contribution is -2.31. The van der Waals surface area contributed by atoms with E-state index in [2.05, 4.69) is 15.3 Å². The number of rotatable bonds is 6. The summed E-state index contributed by atoms with van der Waals surface area (Å²) in [4.78, 5) is 17.9. The molecule has 0 aliphatic carbocycles. The fraction of sp³-hybridized carbons (Fsp3) is 0.286. The topological polar surface area (TPSA) is 84.4 Å². The van der Waals surface area contributed by atoms with Crippen molar-refractivity contribution in [2.45, 2.75) is 13.0 Å². The summed E-state index contributed by atoms with van der Waals surface area (Å²) in [5.74, 6) is 5.40. The molecule has 106 valence electrons. The first-order valence-corrected chi connectivity index (χ1v) is 6.36. The van der Waals surface area contributed by atoms with Gasteiger partial charge in [0.15, 0.2) is 0 Å². The smallest absolute Gasteiger partial charge is 0.268 e. The number of nitrogens with two attached hydrogens (primary N) is 1. The minimum atomic E-state index is -0.341. The lowest BCUT2D eigenvalue weighted by atomic mass is 10.2. The number of aromatic nitrogens is 1. The molecular weight excluding hydrogens is 256 g/mol. The highest BCUT2D eigenvalue weighted by Gasteiger charge is 2.15. The highest BCUT2D eigenvalue weighted by Crippen LogP contribution is 2.12. The van der Waals surface area contributed by atoms with Gasteiger partial charge >= 0.3 is 0 Å². The Hall–Kier alpha value is -2.18. The quantitative estimate of drug-likeness (QED) is 0.465. The van der Waals surface area contributed by atoms with Gasteiger partial charge in [-0.2, -0.15) is 0 Å². The Kier molecular flexibility index (Phi) is 4.86. The normalized spacial score (nSPS) is 10.8. The molecule has 2 aromatic rings. The standard InChI is InChI=1S/C14H18N4O2/c1-18(8-5-11-4-2-3-7-16-11)10-13-12(6-9-20-13)14(19)17-15/h2-4,6-7,9H,5,8,10,15H2,1H3,(H,17,19). The predicted octanol–water partition coefficient (Wildman–Crippen LogP) is 0.953. The molecule has 0 atom stereocenters. The van der Waals surface area contributed by atoms with Crippen LogP contribution in [-0.2, 0) is 13.0 Å². The molecule has 6 heteroatoms. The second-order valence-electron chi connectivity index (χ2n) is 4.54. The van der Waals surface area contributed by atoms with E-state index in [1.54, 1.807) is 12.3 Å². The molecule has 0 saturated heterocycles. The van der Waals surface area contributed by atoms with Crippen molar-refractivity contribution in [3.63, 3.8) is 0 Å². The van der Waals surface area contributed by atoms with Crippen molar-refractivity contribution >= 4 is 5.91 Å². The fourth-order valence-electron chi connectivity index (χ4n) is 1.92. The Morgan fingerprint density at radius 2 is 2.30 bits per heavy atom. The number of pyridine rings is 1. The zero-order valence-corrected chi connectivity index (χ0v) is 11.4. The second kappa shape index (κ2) is 6.83. The SMILES string of the molecule is CN(CCc1ccccn1)Cc1occc1C(=O)NN. The van der Waals surface area contributed by atoms with Crippen molar-refractivity contribution < 1.29 is 9.21 Å². The largest absolute Gasteiger partial charge is 0.467 e. The van der Waals surface area contributed by atoms with Gasteiger partial charge in [-0.15, -0.1) is 0 Å². The predicted molar refractivity (Wildman–Crippen MR) is 74.6 cm³/mol. The van der Waals surface area contributed by atoms with E-state index in [1.807, 2.05) is 25.2 Å². The molecule has 3 N–H and O–H groups in total. The lowest BCUT2D eigenvalue weighted by Gasteiger charge is -2.15. The minimum Gasteiger partial charge on any atom is -0.467 e. The number of nitrogens with one attached hydrogen (secondary N) is 1. The summed E-state index contributed by atoms with van der Waals surface area (Å²) in [6.45, 7) is 1.37. The zero-order valence-electron chi connectivity index (χ0n) is 11.4. The molecule has 0 aromatic carbocycles. The molecule has 2 rings (SSSR count). The highest BCUT2D eigenvalue weighted by molar-refractivity contribution is 5.94. The number of carbonyl (C=O) groups excluding carboxylic acids is 1. The van der Waals surface area contributed by atoms with Crippen molar-refractivity contribution in [3.05, 3.63) is 53.7 Å². The van der Waals surface area contributed by atoms with Gasteiger partial charge in [0, 0.05) is 24.9 Å². The summed E-state index contributed by atoms with van der Waals surface area (Å²) < 4.78 is 5.34. The van der Waals surface area contributed by atoms with E-state index in [4.69, 9.17) is 10.3 Å². The van der Waals surface area contributed by atoms with Crippen LogP contribution in [0.15, 0.2) is 41.1 Å². The van der Waals surface area contributed by atoms with E-state index < -0.39 is 0 Å². The summed E-state index contributed by atoms with van der Waals surface area (Å²) in [6.07, 6.45) is 4.12. The third kappa shape index (κ3) is 3.66. The number of hydrogen-bond acceptors (Lipinski definition) is 5. The molecule has 0 saturated carbocycles. The molecule has 0 aliphatic rings. The summed E-state index contributed by atoms with van der Waals surface area (Å²) >= 11 is 0. The first kappa shape index (κ1) is 14.2. The van der Waals surface area contributed by atoms with Crippen LogP contribution in [0.1, 0.15) is 21.8 Å². The van der Waals surface area contributed by atoms with Crippen LogP contribution in [0.4, 0.5) is 0 Å². The Labute approximate surface area is 117 Å². The maximum Gasteiger partial charge on any atom is 0.268 e. The molecule has 0 spiro atoms. The number of nitrogen functional groups attached to an aromatic ring is 1. The number of furan rings is 1. The first-order chi connectivity index (χ1) is 9.70. The minimum absolute atomic E-state index is 0.341. The van der Waals surface area contributed by atoms with Crippen LogP contribution in [0.3, 0.4) is 0 Å². The Balaban J connectivity index is 1.90. The van der Waals surface area contributed by atoms with Crippen LogP contribution in [0, 0.1) is 0 Å². The van der Waals surface area contributed by atoms with Crippen molar-refractivity contribution in [1.82, 2.24) is 15.3 Å². The number of nitrogens with zero attached hydrogens (tertiary/aromatic N) is 2. The average Bonchev–Trinajstić information content (AvgIpc) is 2.93.